The molecule has 0 saturated heterocycles. The Morgan fingerprint density at radius 1 is 1.35 bits per heavy atom. The van der Waals surface area contributed by atoms with Gasteiger partial charge >= 0.3 is 0 Å². The summed E-state index contributed by atoms with van der Waals surface area (Å²) in [6.45, 7) is 0.811. The van der Waals surface area contributed by atoms with Crippen LogP contribution in [0.1, 0.15) is 56.7 Å². The standard InChI is InChI=1S/C17H30N4O2/c1-21-16(10-11-19-21)15(13-23-2)18-12-17(22)20-14-8-6-4-3-5-7-9-14/h10-11,14-15,18H,3-9,12-13H2,1-2H3,(H,20,22). The smallest absolute Gasteiger partial charge is 0.234 e. The zero-order valence-corrected chi connectivity index (χ0v) is 14.4. The number of methoxy groups -OCH3 is 1. The summed E-state index contributed by atoms with van der Waals surface area (Å²) in [5, 5.41) is 10.6. The fourth-order valence-corrected chi connectivity index (χ4v) is 3.24. The van der Waals surface area contributed by atoms with E-state index in [0.29, 0.717) is 19.2 Å². The average Bonchev–Trinajstić information content (AvgIpc) is 2.92. The third-order valence-electron chi connectivity index (χ3n) is 4.53. The topological polar surface area (TPSA) is 68.2 Å². The zero-order chi connectivity index (χ0) is 16.5. The van der Waals surface area contributed by atoms with Crippen LogP contribution < -0.4 is 10.6 Å². The van der Waals surface area contributed by atoms with Gasteiger partial charge in [-0.3, -0.25) is 14.8 Å². The summed E-state index contributed by atoms with van der Waals surface area (Å²) in [5.74, 6) is 0.0684. The number of carbonyl (C=O) groups excluding carboxylic acids is 1. The second-order valence-corrected chi connectivity index (χ2v) is 6.38. The molecule has 130 valence electrons. The van der Waals surface area contributed by atoms with Gasteiger partial charge < -0.3 is 10.1 Å². The van der Waals surface area contributed by atoms with E-state index < -0.39 is 0 Å². The van der Waals surface area contributed by atoms with Crippen LogP contribution >= 0.6 is 0 Å². The van der Waals surface area contributed by atoms with Crippen molar-refractivity contribution in [2.24, 2.45) is 7.05 Å². The van der Waals surface area contributed by atoms with Crippen LogP contribution in [-0.4, -0.2) is 42.0 Å². The van der Waals surface area contributed by atoms with E-state index in [2.05, 4.69) is 15.7 Å². The van der Waals surface area contributed by atoms with E-state index in [1.165, 1.54) is 32.1 Å². The average molecular weight is 322 g/mol. The molecule has 1 saturated carbocycles. The lowest BCUT2D eigenvalue weighted by Crippen LogP contribution is -2.42. The Kier molecular flexibility index (Phi) is 7.55. The molecule has 2 N–H and O–H groups in total. The molecule has 1 fully saturated rings. The highest BCUT2D eigenvalue weighted by Gasteiger charge is 2.18. The number of hydrogen-bond donors (Lipinski definition) is 2. The highest BCUT2D eigenvalue weighted by molar-refractivity contribution is 5.78. The van der Waals surface area contributed by atoms with Crippen molar-refractivity contribution in [2.75, 3.05) is 20.3 Å². The van der Waals surface area contributed by atoms with Crippen molar-refractivity contribution in [3.63, 3.8) is 0 Å². The van der Waals surface area contributed by atoms with Crippen LogP contribution in [0.5, 0.6) is 0 Å². The molecule has 1 atom stereocenters. The Labute approximate surface area is 139 Å². The Bertz CT molecular complexity index is 467. The number of nitrogens with zero attached hydrogens (tertiary/aromatic N) is 2. The second-order valence-electron chi connectivity index (χ2n) is 6.38. The molecule has 6 heteroatoms. The van der Waals surface area contributed by atoms with Crippen LogP contribution in [0, 0.1) is 0 Å². The number of aromatic nitrogens is 2. The minimum atomic E-state index is -0.0319. The minimum Gasteiger partial charge on any atom is -0.383 e. The predicted molar refractivity (Wildman–Crippen MR) is 90.1 cm³/mol. The minimum absolute atomic E-state index is 0.0319. The fourth-order valence-electron chi connectivity index (χ4n) is 3.24. The summed E-state index contributed by atoms with van der Waals surface area (Å²) in [5.41, 5.74) is 1.02. The summed E-state index contributed by atoms with van der Waals surface area (Å²) in [6, 6.07) is 2.25. The first-order valence-corrected chi connectivity index (χ1v) is 8.70. The number of aryl methyl sites for hydroxylation is 1. The van der Waals surface area contributed by atoms with Crippen LogP contribution in [0.3, 0.4) is 0 Å². The van der Waals surface area contributed by atoms with Gasteiger partial charge in [-0.05, 0) is 18.9 Å². The SMILES string of the molecule is COCC(NCC(=O)NC1CCCCCCC1)c1ccnn1C. The largest absolute Gasteiger partial charge is 0.383 e. The fraction of sp³-hybridized carbons (Fsp3) is 0.765. The molecule has 0 aromatic carbocycles. The molecule has 23 heavy (non-hydrogen) atoms. The van der Waals surface area contributed by atoms with Gasteiger partial charge in [0.05, 0.1) is 24.9 Å². The maximum Gasteiger partial charge on any atom is 0.234 e. The first-order chi connectivity index (χ1) is 11.2. The number of carbonyl (C=O) groups is 1. The second kappa shape index (κ2) is 9.67. The third-order valence-corrected chi connectivity index (χ3v) is 4.53. The molecule has 0 aliphatic heterocycles. The Hall–Kier alpha value is -1.40. The number of rotatable bonds is 7. The van der Waals surface area contributed by atoms with Gasteiger partial charge in [0.1, 0.15) is 0 Å². The van der Waals surface area contributed by atoms with Crippen molar-refractivity contribution in [3.8, 4) is 0 Å². The van der Waals surface area contributed by atoms with E-state index in [9.17, 15) is 4.79 Å². The van der Waals surface area contributed by atoms with Gasteiger partial charge in [-0.25, -0.2) is 0 Å². The first-order valence-electron chi connectivity index (χ1n) is 8.70. The van der Waals surface area contributed by atoms with Crippen LogP contribution in [0.15, 0.2) is 12.3 Å². The summed E-state index contributed by atoms with van der Waals surface area (Å²) in [7, 11) is 3.56. The molecule has 1 heterocycles. The highest BCUT2D eigenvalue weighted by atomic mass is 16.5. The Morgan fingerprint density at radius 2 is 2.04 bits per heavy atom. The van der Waals surface area contributed by atoms with Gasteiger partial charge in [0.25, 0.3) is 0 Å². The van der Waals surface area contributed by atoms with Crippen LogP contribution in [0.2, 0.25) is 0 Å². The molecule has 1 amide bonds. The first kappa shape index (κ1) is 17.9. The molecule has 2 rings (SSSR count). The lowest BCUT2D eigenvalue weighted by molar-refractivity contribution is -0.121. The number of amides is 1. The summed E-state index contributed by atoms with van der Waals surface area (Å²) in [4.78, 5) is 12.2. The lowest BCUT2D eigenvalue weighted by Gasteiger charge is -2.22. The molecular weight excluding hydrogens is 292 g/mol. The quantitative estimate of drug-likeness (QED) is 0.805. The molecule has 1 aliphatic rings. The van der Waals surface area contributed by atoms with E-state index in [1.807, 2.05) is 17.8 Å². The highest BCUT2D eigenvalue weighted by Crippen LogP contribution is 2.17. The summed E-state index contributed by atoms with van der Waals surface area (Å²) >= 11 is 0. The van der Waals surface area contributed by atoms with E-state index >= 15 is 0 Å². The number of nitrogens with one attached hydrogen (secondary N) is 2. The van der Waals surface area contributed by atoms with Gasteiger partial charge in [-0.1, -0.05) is 32.1 Å². The Balaban J connectivity index is 1.80. The summed E-state index contributed by atoms with van der Waals surface area (Å²) in [6.07, 6.45) is 10.3. The number of hydrogen-bond acceptors (Lipinski definition) is 4. The molecule has 6 nitrogen and oxygen atoms in total. The lowest BCUT2D eigenvalue weighted by atomic mass is 9.97. The van der Waals surface area contributed by atoms with Crippen molar-refractivity contribution < 1.29 is 9.53 Å². The van der Waals surface area contributed by atoms with Crippen LogP contribution in [0.25, 0.3) is 0 Å². The third kappa shape index (κ3) is 5.95. The van der Waals surface area contributed by atoms with Crippen LogP contribution in [-0.2, 0) is 16.6 Å². The Morgan fingerprint density at radius 3 is 2.65 bits per heavy atom. The van der Waals surface area contributed by atoms with Crippen molar-refractivity contribution in [3.05, 3.63) is 18.0 Å². The molecule has 1 unspecified atom stereocenters. The molecule has 1 aromatic heterocycles. The van der Waals surface area contributed by atoms with E-state index in [1.54, 1.807) is 13.3 Å². The molecule has 1 aromatic rings. The zero-order valence-electron chi connectivity index (χ0n) is 14.4. The monoisotopic (exact) mass is 322 g/mol. The van der Waals surface area contributed by atoms with Crippen molar-refractivity contribution in [2.45, 2.75) is 57.0 Å². The maximum atomic E-state index is 12.2. The molecular formula is C17H30N4O2. The van der Waals surface area contributed by atoms with Crippen LogP contribution in [0.4, 0.5) is 0 Å². The van der Waals surface area contributed by atoms with Crippen molar-refractivity contribution >= 4 is 5.91 Å². The van der Waals surface area contributed by atoms with E-state index in [0.717, 1.165) is 18.5 Å². The molecule has 0 radical (unpaired) electrons. The van der Waals surface area contributed by atoms with Gasteiger partial charge in [0.15, 0.2) is 0 Å². The normalized spacial score (nSPS) is 18.2. The van der Waals surface area contributed by atoms with Crippen molar-refractivity contribution in [1.29, 1.82) is 0 Å². The van der Waals surface area contributed by atoms with Gasteiger partial charge in [0, 0.05) is 26.4 Å². The molecule has 1 aliphatic carbocycles. The number of ether oxygens (including phenoxy) is 1. The summed E-state index contributed by atoms with van der Waals surface area (Å²) < 4.78 is 7.07. The van der Waals surface area contributed by atoms with E-state index in [4.69, 9.17) is 4.74 Å². The molecule has 0 bridgehead atoms. The predicted octanol–water partition coefficient (Wildman–Crippen LogP) is 1.93. The van der Waals surface area contributed by atoms with E-state index in [-0.39, 0.29) is 11.9 Å². The maximum absolute atomic E-state index is 12.2. The van der Waals surface area contributed by atoms with Crippen molar-refractivity contribution in [1.82, 2.24) is 20.4 Å². The van der Waals surface area contributed by atoms with Gasteiger partial charge in [-0.15, -0.1) is 0 Å². The van der Waals surface area contributed by atoms with Gasteiger partial charge in [0.2, 0.25) is 5.91 Å². The molecule has 0 spiro atoms. The van der Waals surface area contributed by atoms with Gasteiger partial charge in [-0.2, -0.15) is 5.10 Å².